The molecule has 0 aromatic carbocycles. The van der Waals surface area contributed by atoms with Gasteiger partial charge in [-0.2, -0.15) is 0 Å². The van der Waals surface area contributed by atoms with E-state index in [4.69, 9.17) is 5.11 Å². The first kappa shape index (κ1) is 14.4. The lowest BCUT2D eigenvalue weighted by Crippen LogP contribution is -2.54. The van der Waals surface area contributed by atoms with Gasteiger partial charge < -0.3 is 10.0 Å². The number of rotatable bonds is 2. The van der Waals surface area contributed by atoms with Gasteiger partial charge in [0.2, 0.25) is 5.91 Å². The average molecular weight is 289 g/mol. The highest BCUT2D eigenvalue weighted by molar-refractivity contribution is 5.94. The fourth-order valence-corrected chi connectivity index (χ4v) is 4.77. The van der Waals surface area contributed by atoms with Crippen molar-refractivity contribution in [3.05, 3.63) is 23.3 Å². The van der Waals surface area contributed by atoms with Gasteiger partial charge in [0.05, 0.1) is 6.04 Å². The molecule has 0 spiro atoms. The molecule has 1 heterocycles. The van der Waals surface area contributed by atoms with Crippen LogP contribution in [0.3, 0.4) is 0 Å². The molecular weight excluding hydrogens is 266 g/mol. The maximum absolute atomic E-state index is 12.2. The molecule has 3 aliphatic rings. The third-order valence-corrected chi connectivity index (χ3v) is 5.56. The fraction of sp³-hybridized carbons (Fsp3) is 0.647. The van der Waals surface area contributed by atoms with Crippen molar-refractivity contribution >= 4 is 11.9 Å². The molecule has 1 aliphatic heterocycles. The van der Waals surface area contributed by atoms with Gasteiger partial charge in [0.1, 0.15) is 6.54 Å². The molecule has 0 aromatic heterocycles. The average Bonchev–Trinajstić information content (AvgIpc) is 2.65. The number of hydrogen-bond acceptors (Lipinski definition) is 2. The van der Waals surface area contributed by atoms with Gasteiger partial charge in [-0.05, 0) is 49.0 Å². The van der Waals surface area contributed by atoms with Crippen LogP contribution in [-0.2, 0) is 9.59 Å². The third kappa shape index (κ3) is 2.21. The van der Waals surface area contributed by atoms with Crippen LogP contribution >= 0.6 is 0 Å². The van der Waals surface area contributed by atoms with Gasteiger partial charge in [0.25, 0.3) is 0 Å². The Balaban J connectivity index is 1.97. The Morgan fingerprint density at radius 1 is 1.48 bits per heavy atom. The molecule has 1 saturated carbocycles. The van der Waals surface area contributed by atoms with Gasteiger partial charge >= 0.3 is 5.97 Å². The van der Waals surface area contributed by atoms with Crippen LogP contribution in [-0.4, -0.2) is 34.5 Å². The Morgan fingerprint density at radius 2 is 2.19 bits per heavy atom. The second-order valence-corrected chi connectivity index (χ2v) is 7.33. The summed E-state index contributed by atoms with van der Waals surface area (Å²) in [4.78, 5) is 24.8. The minimum Gasteiger partial charge on any atom is -0.480 e. The van der Waals surface area contributed by atoms with Crippen LogP contribution in [0.5, 0.6) is 0 Å². The lowest BCUT2D eigenvalue weighted by molar-refractivity contribution is -0.145. The zero-order valence-electron chi connectivity index (χ0n) is 12.9. The molecule has 0 bridgehead atoms. The Labute approximate surface area is 125 Å². The molecule has 3 rings (SSSR count). The molecule has 2 aliphatic carbocycles. The van der Waals surface area contributed by atoms with Crippen molar-refractivity contribution in [2.24, 2.45) is 17.3 Å². The van der Waals surface area contributed by atoms with Crippen LogP contribution in [0.25, 0.3) is 0 Å². The summed E-state index contributed by atoms with van der Waals surface area (Å²) in [7, 11) is 0. The maximum Gasteiger partial charge on any atom is 0.323 e. The van der Waals surface area contributed by atoms with E-state index in [0.29, 0.717) is 11.8 Å². The predicted octanol–water partition coefficient (Wildman–Crippen LogP) is 2.61. The summed E-state index contributed by atoms with van der Waals surface area (Å²) < 4.78 is 0. The third-order valence-electron chi connectivity index (χ3n) is 5.56. The van der Waals surface area contributed by atoms with Gasteiger partial charge in [-0.3, -0.25) is 9.59 Å². The zero-order valence-corrected chi connectivity index (χ0v) is 12.9. The van der Waals surface area contributed by atoms with E-state index in [0.717, 1.165) is 24.8 Å². The molecule has 0 aromatic rings. The molecule has 4 nitrogen and oxygen atoms in total. The molecule has 114 valence electrons. The summed E-state index contributed by atoms with van der Waals surface area (Å²) in [5.41, 5.74) is 2.49. The number of nitrogens with zero attached hydrogens (tertiary/aromatic N) is 1. The SMILES string of the molecule is CC1=C[C@@H]2CC3=CC(=O)N(CC(=O)O)[C@H]3C(C)(C)[C@@H]2CC1. The van der Waals surface area contributed by atoms with E-state index in [1.807, 2.05) is 0 Å². The fourth-order valence-electron chi connectivity index (χ4n) is 4.77. The molecular formula is C17H23NO3. The maximum atomic E-state index is 12.2. The van der Waals surface area contributed by atoms with E-state index in [1.54, 1.807) is 11.0 Å². The summed E-state index contributed by atoms with van der Waals surface area (Å²) in [5.74, 6) is -0.0560. The van der Waals surface area contributed by atoms with Gasteiger partial charge in [-0.25, -0.2) is 0 Å². The monoisotopic (exact) mass is 289 g/mol. The summed E-state index contributed by atoms with van der Waals surface area (Å²) in [6.07, 6.45) is 7.21. The van der Waals surface area contributed by atoms with Crippen LogP contribution in [0.15, 0.2) is 23.3 Å². The summed E-state index contributed by atoms with van der Waals surface area (Å²) in [5, 5.41) is 9.09. The number of fused-ring (bicyclic) bond motifs is 2. The Morgan fingerprint density at radius 3 is 2.86 bits per heavy atom. The molecule has 0 saturated heterocycles. The van der Waals surface area contributed by atoms with Crippen molar-refractivity contribution in [1.29, 1.82) is 0 Å². The number of aliphatic carboxylic acids is 1. The van der Waals surface area contributed by atoms with E-state index in [-0.39, 0.29) is 23.9 Å². The van der Waals surface area contributed by atoms with Crippen LogP contribution < -0.4 is 0 Å². The first-order valence-corrected chi connectivity index (χ1v) is 7.71. The zero-order chi connectivity index (χ0) is 15.4. The lowest BCUT2D eigenvalue weighted by atomic mass is 9.56. The van der Waals surface area contributed by atoms with Crippen LogP contribution in [0.1, 0.15) is 40.0 Å². The number of carbonyl (C=O) groups excluding carboxylic acids is 1. The molecule has 3 atom stereocenters. The lowest BCUT2D eigenvalue weighted by Gasteiger charge is -2.52. The van der Waals surface area contributed by atoms with Gasteiger partial charge in [-0.15, -0.1) is 0 Å². The second kappa shape index (κ2) is 4.72. The minimum absolute atomic E-state index is 0.0471. The number of amides is 1. The Hall–Kier alpha value is -1.58. The number of hydrogen-bond donors (Lipinski definition) is 1. The van der Waals surface area contributed by atoms with Crippen molar-refractivity contribution in [3.63, 3.8) is 0 Å². The summed E-state index contributed by atoms with van der Waals surface area (Å²) >= 11 is 0. The molecule has 1 N–H and O–H groups in total. The number of carboxylic acids is 1. The minimum atomic E-state index is -0.935. The Bertz CT molecular complexity index is 558. The van der Waals surface area contributed by atoms with Crippen LogP contribution in [0.4, 0.5) is 0 Å². The van der Waals surface area contributed by atoms with Crippen LogP contribution in [0, 0.1) is 17.3 Å². The summed E-state index contributed by atoms with van der Waals surface area (Å²) in [6, 6.07) is -0.0471. The first-order valence-electron chi connectivity index (χ1n) is 7.71. The highest BCUT2D eigenvalue weighted by atomic mass is 16.4. The second-order valence-electron chi connectivity index (χ2n) is 7.33. The normalized spacial score (nSPS) is 34.0. The largest absolute Gasteiger partial charge is 0.480 e. The van der Waals surface area contributed by atoms with Gasteiger partial charge in [0.15, 0.2) is 0 Å². The van der Waals surface area contributed by atoms with Crippen molar-refractivity contribution in [1.82, 2.24) is 4.90 Å². The molecule has 0 unspecified atom stereocenters. The van der Waals surface area contributed by atoms with E-state index < -0.39 is 5.97 Å². The van der Waals surface area contributed by atoms with Crippen molar-refractivity contribution < 1.29 is 14.7 Å². The number of carbonyl (C=O) groups is 2. The smallest absolute Gasteiger partial charge is 0.323 e. The Kier molecular flexibility index (Phi) is 3.23. The molecule has 21 heavy (non-hydrogen) atoms. The number of allylic oxidation sites excluding steroid dienone is 2. The van der Waals surface area contributed by atoms with Gasteiger partial charge in [0, 0.05) is 6.08 Å². The van der Waals surface area contributed by atoms with Crippen LogP contribution in [0.2, 0.25) is 0 Å². The molecule has 4 heteroatoms. The van der Waals surface area contributed by atoms with Crippen molar-refractivity contribution in [2.45, 2.75) is 46.1 Å². The summed E-state index contributed by atoms with van der Waals surface area (Å²) in [6.45, 7) is 6.38. The van der Waals surface area contributed by atoms with E-state index >= 15 is 0 Å². The molecule has 1 amide bonds. The molecule has 1 fully saturated rings. The highest BCUT2D eigenvalue weighted by Gasteiger charge is 2.53. The van der Waals surface area contributed by atoms with E-state index in [2.05, 4.69) is 26.8 Å². The highest BCUT2D eigenvalue weighted by Crippen LogP contribution is 2.54. The quantitative estimate of drug-likeness (QED) is 0.795. The molecule has 0 radical (unpaired) electrons. The first-order chi connectivity index (χ1) is 9.80. The topological polar surface area (TPSA) is 57.6 Å². The number of carboxylic acid groups (broad SMARTS) is 1. The van der Waals surface area contributed by atoms with Crippen molar-refractivity contribution in [3.8, 4) is 0 Å². The van der Waals surface area contributed by atoms with E-state index in [1.165, 1.54) is 5.57 Å². The van der Waals surface area contributed by atoms with Crippen molar-refractivity contribution in [2.75, 3.05) is 6.54 Å². The van der Waals surface area contributed by atoms with Gasteiger partial charge in [-0.1, -0.05) is 25.5 Å². The predicted molar refractivity (Wildman–Crippen MR) is 79.6 cm³/mol. The standard InChI is InChI=1S/C17H23NO3/c1-10-4-5-13-11(6-10)7-12-8-14(19)18(9-15(20)21)16(12)17(13,2)3/h6,8,11,13,16H,4-5,7,9H2,1-3H3,(H,20,21)/t11-,13-,16-/m1/s1. The van der Waals surface area contributed by atoms with E-state index in [9.17, 15) is 9.59 Å².